The number of para-hydroxylation sites is 1. The fourth-order valence-corrected chi connectivity index (χ4v) is 2.30. The van der Waals surface area contributed by atoms with Gasteiger partial charge in [0, 0.05) is 11.6 Å². The molecule has 1 heterocycles. The molecule has 0 aliphatic carbocycles. The van der Waals surface area contributed by atoms with Crippen LogP contribution in [0.25, 0.3) is 0 Å². The number of nitrogens with one attached hydrogen (secondary N) is 1. The largest absolute Gasteiger partial charge is 0.397 e. The molecule has 1 aromatic carbocycles. The lowest BCUT2D eigenvalue weighted by atomic mass is 10.2. The molecule has 0 saturated carbocycles. The predicted molar refractivity (Wildman–Crippen MR) is 70.0 cm³/mol. The van der Waals surface area contributed by atoms with Crippen molar-refractivity contribution in [2.75, 3.05) is 11.1 Å². The number of nitrogen functional groups attached to an aromatic ring is 1. The molecule has 3 nitrogen and oxygen atoms in total. The van der Waals surface area contributed by atoms with Crippen molar-refractivity contribution >= 4 is 34.3 Å². The summed E-state index contributed by atoms with van der Waals surface area (Å²) in [6, 6.07) is 5.57. The van der Waals surface area contributed by atoms with Crippen molar-refractivity contribution in [1.29, 1.82) is 0 Å². The summed E-state index contributed by atoms with van der Waals surface area (Å²) in [5.74, 6) is 0. The molecule has 0 fully saturated rings. The third kappa shape index (κ3) is 2.28. The molecule has 0 saturated heterocycles. The number of nitrogens with two attached hydrogens (primary N) is 1. The number of aromatic nitrogens is 1. The van der Waals surface area contributed by atoms with Crippen molar-refractivity contribution in [2.45, 2.75) is 13.0 Å². The van der Waals surface area contributed by atoms with Crippen LogP contribution in [0, 0.1) is 0 Å². The molecule has 0 aliphatic heterocycles. The summed E-state index contributed by atoms with van der Waals surface area (Å²) in [5.41, 5.74) is 7.28. The van der Waals surface area contributed by atoms with Gasteiger partial charge < -0.3 is 11.1 Å². The molecule has 3 N–H and O–H groups in total. The maximum Gasteiger partial charge on any atom is 0.115 e. The van der Waals surface area contributed by atoms with Gasteiger partial charge in [0.2, 0.25) is 0 Å². The first kappa shape index (κ1) is 11.2. The van der Waals surface area contributed by atoms with Gasteiger partial charge >= 0.3 is 0 Å². The lowest BCUT2D eigenvalue weighted by molar-refractivity contribution is 0.870. The Bertz CT molecular complexity index is 450. The van der Waals surface area contributed by atoms with E-state index in [2.05, 4.69) is 10.3 Å². The van der Waals surface area contributed by atoms with Crippen molar-refractivity contribution in [2.24, 2.45) is 0 Å². The molecular weight excluding hydrogens is 242 g/mol. The molecule has 1 atom stereocenters. The maximum absolute atomic E-state index is 6.08. The Kier molecular flexibility index (Phi) is 3.31. The highest BCUT2D eigenvalue weighted by molar-refractivity contribution is 7.09. The summed E-state index contributed by atoms with van der Waals surface area (Å²) in [4.78, 5) is 4.24. The van der Waals surface area contributed by atoms with Crippen LogP contribution in [0.5, 0.6) is 0 Å². The third-order valence-corrected chi connectivity index (χ3v) is 3.50. The Morgan fingerprint density at radius 1 is 1.50 bits per heavy atom. The van der Waals surface area contributed by atoms with Crippen molar-refractivity contribution < 1.29 is 0 Å². The van der Waals surface area contributed by atoms with E-state index >= 15 is 0 Å². The van der Waals surface area contributed by atoms with Gasteiger partial charge in [-0.05, 0) is 19.1 Å². The molecule has 5 heteroatoms. The summed E-state index contributed by atoms with van der Waals surface area (Å²) in [7, 11) is 0. The van der Waals surface area contributed by atoms with Gasteiger partial charge in [0.15, 0.2) is 0 Å². The molecule has 1 aromatic heterocycles. The van der Waals surface area contributed by atoms with Crippen molar-refractivity contribution in [1.82, 2.24) is 4.98 Å². The lowest BCUT2D eigenvalue weighted by Crippen LogP contribution is -2.08. The van der Waals surface area contributed by atoms with Gasteiger partial charge in [-0.2, -0.15) is 0 Å². The normalized spacial score (nSPS) is 12.4. The van der Waals surface area contributed by atoms with Crippen LogP contribution in [-0.4, -0.2) is 4.98 Å². The first-order chi connectivity index (χ1) is 7.68. The van der Waals surface area contributed by atoms with Crippen LogP contribution in [-0.2, 0) is 0 Å². The fourth-order valence-electron chi connectivity index (χ4n) is 1.42. The Hall–Kier alpha value is -1.26. The van der Waals surface area contributed by atoms with Crippen molar-refractivity contribution in [3.8, 4) is 0 Å². The van der Waals surface area contributed by atoms with Crippen LogP contribution in [0.15, 0.2) is 29.8 Å². The minimum absolute atomic E-state index is 0.0993. The van der Waals surface area contributed by atoms with Gasteiger partial charge in [0.1, 0.15) is 5.01 Å². The van der Waals surface area contributed by atoms with E-state index in [1.165, 1.54) is 0 Å². The zero-order chi connectivity index (χ0) is 11.5. The SMILES string of the molecule is CC(Nc1c(N)cccc1Cl)c1nccs1. The summed E-state index contributed by atoms with van der Waals surface area (Å²) in [5, 5.41) is 6.86. The molecule has 2 aromatic rings. The van der Waals surface area contributed by atoms with E-state index in [4.69, 9.17) is 17.3 Å². The molecule has 0 aliphatic rings. The smallest absolute Gasteiger partial charge is 0.115 e. The first-order valence-corrected chi connectivity index (χ1v) is 6.14. The van der Waals surface area contributed by atoms with Crippen molar-refractivity contribution in [3.63, 3.8) is 0 Å². The summed E-state index contributed by atoms with van der Waals surface area (Å²) in [6.07, 6.45) is 1.79. The van der Waals surface area contributed by atoms with Crippen LogP contribution in [0.2, 0.25) is 5.02 Å². The average Bonchev–Trinajstić information content (AvgIpc) is 2.76. The Balaban J connectivity index is 2.21. The zero-order valence-corrected chi connectivity index (χ0v) is 10.3. The number of thiazole rings is 1. The quantitative estimate of drug-likeness (QED) is 0.823. The number of anilines is 2. The van der Waals surface area contributed by atoms with Crippen LogP contribution < -0.4 is 11.1 Å². The van der Waals surface area contributed by atoms with Crippen LogP contribution in [0.4, 0.5) is 11.4 Å². The Morgan fingerprint density at radius 2 is 2.31 bits per heavy atom. The summed E-state index contributed by atoms with van der Waals surface area (Å²) >= 11 is 7.68. The highest BCUT2D eigenvalue weighted by Crippen LogP contribution is 2.31. The molecule has 1 unspecified atom stereocenters. The zero-order valence-electron chi connectivity index (χ0n) is 8.77. The average molecular weight is 254 g/mol. The molecule has 84 valence electrons. The minimum Gasteiger partial charge on any atom is -0.397 e. The summed E-state index contributed by atoms with van der Waals surface area (Å²) in [6.45, 7) is 2.03. The summed E-state index contributed by atoms with van der Waals surface area (Å²) < 4.78 is 0. The molecule has 0 radical (unpaired) electrons. The van der Waals surface area contributed by atoms with Crippen LogP contribution in [0.1, 0.15) is 18.0 Å². The minimum atomic E-state index is 0.0993. The van der Waals surface area contributed by atoms with Gasteiger partial charge in [-0.25, -0.2) is 4.98 Å². The second kappa shape index (κ2) is 4.72. The monoisotopic (exact) mass is 253 g/mol. The highest BCUT2D eigenvalue weighted by Gasteiger charge is 2.11. The Morgan fingerprint density at radius 3 is 2.94 bits per heavy atom. The van der Waals surface area contributed by atoms with E-state index in [0.29, 0.717) is 10.7 Å². The van der Waals surface area contributed by atoms with Crippen molar-refractivity contribution in [3.05, 3.63) is 39.8 Å². The predicted octanol–water partition coefficient (Wildman–Crippen LogP) is 3.55. The first-order valence-electron chi connectivity index (χ1n) is 4.88. The van der Waals surface area contributed by atoms with E-state index in [9.17, 15) is 0 Å². The second-order valence-corrected chi connectivity index (χ2v) is 4.77. The molecule has 0 spiro atoms. The standard InChI is InChI=1S/C11H12ClN3S/c1-7(11-14-5-6-16-11)15-10-8(12)3-2-4-9(10)13/h2-7,15H,13H2,1H3. The number of halogens is 1. The fraction of sp³-hybridized carbons (Fsp3) is 0.182. The number of benzene rings is 1. The number of hydrogen-bond donors (Lipinski definition) is 2. The molecular formula is C11H12ClN3S. The molecule has 0 bridgehead atoms. The van der Waals surface area contributed by atoms with Gasteiger partial charge in [-0.1, -0.05) is 17.7 Å². The van der Waals surface area contributed by atoms with E-state index < -0.39 is 0 Å². The van der Waals surface area contributed by atoms with E-state index in [0.717, 1.165) is 10.7 Å². The van der Waals surface area contributed by atoms with E-state index in [1.807, 2.05) is 30.5 Å². The number of rotatable bonds is 3. The number of hydrogen-bond acceptors (Lipinski definition) is 4. The van der Waals surface area contributed by atoms with Gasteiger partial charge in [-0.15, -0.1) is 11.3 Å². The van der Waals surface area contributed by atoms with Gasteiger partial charge in [0.05, 0.1) is 22.4 Å². The Labute approximate surface area is 103 Å². The number of nitrogens with zero attached hydrogens (tertiary/aromatic N) is 1. The van der Waals surface area contributed by atoms with Crippen LogP contribution in [0.3, 0.4) is 0 Å². The third-order valence-electron chi connectivity index (χ3n) is 2.23. The van der Waals surface area contributed by atoms with E-state index in [1.54, 1.807) is 17.5 Å². The lowest BCUT2D eigenvalue weighted by Gasteiger charge is -2.15. The molecule has 16 heavy (non-hydrogen) atoms. The second-order valence-electron chi connectivity index (χ2n) is 3.44. The van der Waals surface area contributed by atoms with Crippen LogP contribution >= 0.6 is 22.9 Å². The van der Waals surface area contributed by atoms with Gasteiger partial charge in [0.25, 0.3) is 0 Å². The molecule has 0 amide bonds. The van der Waals surface area contributed by atoms with E-state index in [-0.39, 0.29) is 6.04 Å². The molecule has 2 rings (SSSR count). The highest BCUT2D eigenvalue weighted by atomic mass is 35.5. The van der Waals surface area contributed by atoms with Gasteiger partial charge in [-0.3, -0.25) is 0 Å². The topological polar surface area (TPSA) is 50.9 Å². The maximum atomic E-state index is 6.08.